The van der Waals surface area contributed by atoms with E-state index in [2.05, 4.69) is 9.97 Å². The van der Waals surface area contributed by atoms with E-state index in [1.807, 2.05) is 0 Å². The molecule has 2 N–H and O–H groups in total. The minimum absolute atomic E-state index is 0.0196. The number of aliphatic hydroxyl groups is 1. The molecule has 5 rings (SSSR count). The Bertz CT molecular complexity index is 1510. The summed E-state index contributed by atoms with van der Waals surface area (Å²) in [6.07, 6.45) is 1.37. The summed E-state index contributed by atoms with van der Waals surface area (Å²) in [5, 5.41) is 11.5. The molecule has 0 aliphatic carbocycles. The van der Waals surface area contributed by atoms with Gasteiger partial charge in [0.25, 0.3) is 5.78 Å². The molecule has 0 bridgehead atoms. The lowest BCUT2D eigenvalue weighted by molar-refractivity contribution is -0.132. The number of ketones is 1. The van der Waals surface area contributed by atoms with Crippen LogP contribution >= 0.6 is 11.6 Å². The maximum Gasteiger partial charge on any atom is 0.302 e. The van der Waals surface area contributed by atoms with Gasteiger partial charge in [0.2, 0.25) is 5.95 Å². The number of methoxy groups -OCH3 is 2. The molecule has 0 spiro atoms. The molecular weight excluding hydrogens is 481 g/mol. The maximum atomic E-state index is 13.7. The number of fused-ring (bicyclic) bond motifs is 1. The van der Waals surface area contributed by atoms with Crippen LogP contribution < -0.4 is 14.4 Å². The summed E-state index contributed by atoms with van der Waals surface area (Å²) in [6.45, 7) is 0. The quantitative estimate of drug-likeness (QED) is 0.235. The number of halogens is 2. The molecule has 2 aromatic carbocycles. The predicted molar refractivity (Wildman–Crippen MR) is 124 cm³/mol. The molecule has 1 atom stereocenters. The predicted octanol–water partition coefficient (Wildman–Crippen LogP) is 4.59. The summed E-state index contributed by atoms with van der Waals surface area (Å²) in [6, 6.07) is 8.65. The highest BCUT2D eigenvalue weighted by atomic mass is 35.5. The SMILES string of the molecule is COc1cc(/C(O)=C2\C(=O)C(=O)N(c3nc4ccc(F)cc4[nH]3)C2c2ccco2)c(OC)cc1Cl. The number of aliphatic hydroxyl groups excluding tert-OH is 1. The van der Waals surface area contributed by atoms with Gasteiger partial charge in [0, 0.05) is 6.07 Å². The van der Waals surface area contributed by atoms with E-state index in [1.54, 1.807) is 12.1 Å². The number of imidazole rings is 1. The maximum absolute atomic E-state index is 13.7. The summed E-state index contributed by atoms with van der Waals surface area (Å²) in [5.74, 6) is -2.43. The van der Waals surface area contributed by atoms with E-state index in [4.69, 9.17) is 25.5 Å². The van der Waals surface area contributed by atoms with Crippen LogP contribution in [0, 0.1) is 5.82 Å². The zero-order chi connectivity index (χ0) is 24.9. The summed E-state index contributed by atoms with van der Waals surface area (Å²) in [5.41, 5.74) is 0.518. The third-order valence-electron chi connectivity index (χ3n) is 5.65. The molecule has 178 valence electrons. The lowest BCUT2D eigenvalue weighted by Gasteiger charge is -2.21. The Hall–Kier alpha value is -4.31. The van der Waals surface area contributed by atoms with Gasteiger partial charge >= 0.3 is 5.91 Å². The van der Waals surface area contributed by atoms with Crippen molar-refractivity contribution in [1.82, 2.24) is 9.97 Å². The fraction of sp³-hybridized carbons (Fsp3) is 0.125. The summed E-state index contributed by atoms with van der Waals surface area (Å²) >= 11 is 6.17. The number of aromatic nitrogens is 2. The third kappa shape index (κ3) is 3.58. The van der Waals surface area contributed by atoms with Crippen LogP contribution in [0.2, 0.25) is 5.02 Å². The minimum atomic E-state index is -1.18. The number of benzene rings is 2. The molecule has 1 saturated heterocycles. The standard InChI is InChI=1S/C24H17ClFN3O6/c1-33-17-10-13(25)18(34-2)9-12(17)21(30)19-20(16-4-3-7-35-16)29(23(32)22(19)31)24-27-14-6-5-11(26)8-15(14)28-24/h3-10,20,30H,1-2H3,(H,27,28)/b21-19+. The molecule has 11 heteroatoms. The summed E-state index contributed by atoms with van der Waals surface area (Å²) in [4.78, 5) is 34.7. The van der Waals surface area contributed by atoms with Crippen molar-refractivity contribution >= 4 is 46.0 Å². The zero-order valence-electron chi connectivity index (χ0n) is 18.3. The molecule has 0 saturated carbocycles. The first kappa shape index (κ1) is 22.5. The number of nitrogens with one attached hydrogen (secondary N) is 1. The topological polar surface area (TPSA) is 118 Å². The van der Waals surface area contributed by atoms with Gasteiger partial charge in [0.15, 0.2) is 0 Å². The van der Waals surface area contributed by atoms with Gasteiger partial charge in [-0.05, 0) is 36.4 Å². The number of ether oxygens (including phenoxy) is 2. The van der Waals surface area contributed by atoms with Crippen LogP contribution in [-0.4, -0.2) is 41.0 Å². The Balaban J connectivity index is 1.74. The number of aromatic amines is 1. The second-order valence-corrected chi connectivity index (χ2v) is 8.00. The van der Waals surface area contributed by atoms with Crippen molar-refractivity contribution in [3.8, 4) is 11.5 Å². The molecule has 2 aromatic heterocycles. The number of hydrogen-bond donors (Lipinski definition) is 2. The third-order valence-corrected chi connectivity index (χ3v) is 5.94. The number of furan rings is 1. The largest absolute Gasteiger partial charge is 0.507 e. The van der Waals surface area contributed by atoms with Gasteiger partial charge in [-0.15, -0.1) is 0 Å². The van der Waals surface area contributed by atoms with Gasteiger partial charge in [-0.1, -0.05) is 11.6 Å². The van der Waals surface area contributed by atoms with E-state index in [-0.39, 0.29) is 39.4 Å². The number of rotatable bonds is 5. The Kier molecular flexibility index (Phi) is 5.45. The number of H-pyrrole nitrogens is 1. The van der Waals surface area contributed by atoms with Crippen LogP contribution in [0.15, 0.2) is 58.7 Å². The smallest absolute Gasteiger partial charge is 0.302 e. The number of carbonyl (C=O) groups is 2. The van der Waals surface area contributed by atoms with Crippen molar-refractivity contribution in [3.05, 3.63) is 76.5 Å². The number of amides is 1. The Morgan fingerprint density at radius 1 is 1.17 bits per heavy atom. The van der Waals surface area contributed by atoms with Crippen LogP contribution in [0.3, 0.4) is 0 Å². The molecule has 35 heavy (non-hydrogen) atoms. The van der Waals surface area contributed by atoms with E-state index in [0.29, 0.717) is 11.0 Å². The normalized spacial score (nSPS) is 17.4. The van der Waals surface area contributed by atoms with Crippen LogP contribution in [0.4, 0.5) is 10.3 Å². The monoisotopic (exact) mass is 497 g/mol. The first-order valence-corrected chi connectivity index (χ1v) is 10.6. The first-order valence-electron chi connectivity index (χ1n) is 10.3. The lowest BCUT2D eigenvalue weighted by atomic mass is 9.98. The minimum Gasteiger partial charge on any atom is -0.507 e. The van der Waals surface area contributed by atoms with Crippen LogP contribution in [0.25, 0.3) is 16.8 Å². The fourth-order valence-electron chi connectivity index (χ4n) is 4.04. The summed E-state index contributed by atoms with van der Waals surface area (Å²) in [7, 11) is 2.76. The second kappa shape index (κ2) is 8.48. The van der Waals surface area contributed by atoms with E-state index in [0.717, 1.165) is 4.90 Å². The number of nitrogens with zero attached hydrogens (tertiary/aromatic N) is 2. The number of hydrogen-bond acceptors (Lipinski definition) is 7. The molecule has 3 heterocycles. The van der Waals surface area contributed by atoms with Gasteiger partial charge in [-0.2, -0.15) is 0 Å². The highest BCUT2D eigenvalue weighted by Gasteiger charge is 2.49. The van der Waals surface area contributed by atoms with Crippen LogP contribution in [0.5, 0.6) is 11.5 Å². The van der Waals surface area contributed by atoms with Crippen molar-refractivity contribution in [3.63, 3.8) is 0 Å². The lowest BCUT2D eigenvalue weighted by Crippen LogP contribution is -2.30. The number of carbonyl (C=O) groups excluding carboxylic acids is 2. The molecule has 4 aromatic rings. The zero-order valence-corrected chi connectivity index (χ0v) is 19.1. The van der Waals surface area contributed by atoms with Crippen LogP contribution in [0.1, 0.15) is 17.4 Å². The molecule has 0 radical (unpaired) electrons. The van der Waals surface area contributed by atoms with Crippen molar-refractivity contribution in [2.75, 3.05) is 19.1 Å². The molecule has 1 amide bonds. The van der Waals surface area contributed by atoms with Gasteiger partial charge in [0.05, 0.1) is 47.7 Å². The Morgan fingerprint density at radius 2 is 1.94 bits per heavy atom. The Labute approximate surface area is 202 Å². The Morgan fingerprint density at radius 3 is 2.63 bits per heavy atom. The second-order valence-electron chi connectivity index (χ2n) is 7.59. The van der Waals surface area contributed by atoms with Crippen molar-refractivity contribution in [2.45, 2.75) is 6.04 Å². The number of Topliss-reactive ketones (excluding diaryl/α,β-unsaturated/α-hetero) is 1. The van der Waals surface area contributed by atoms with Crippen LogP contribution in [-0.2, 0) is 9.59 Å². The number of anilines is 1. The summed E-state index contributed by atoms with van der Waals surface area (Å²) < 4.78 is 29.8. The van der Waals surface area contributed by atoms with E-state index in [1.165, 1.54) is 50.8 Å². The van der Waals surface area contributed by atoms with Crippen molar-refractivity contribution < 1.29 is 33.0 Å². The first-order chi connectivity index (χ1) is 16.8. The fourth-order valence-corrected chi connectivity index (χ4v) is 4.27. The molecule has 9 nitrogen and oxygen atoms in total. The van der Waals surface area contributed by atoms with Gasteiger partial charge in [-0.25, -0.2) is 9.37 Å². The van der Waals surface area contributed by atoms with Gasteiger partial charge < -0.3 is 24.0 Å². The van der Waals surface area contributed by atoms with Crippen molar-refractivity contribution in [1.29, 1.82) is 0 Å². The molecule has 1 aliphatic rings. The molecular formula is C24H17ClFN3O6. The van der Waals surface area contributed by atoms with Gasteiger partial charge in [-0.3, -0.25) is 14.5 Å². The highest BCUT2D eigenvalue weighted by molar-refractivity contribution is 6.51. The van der Waals surface area contributed by atoms with Gasteiger partial charge in [0.1, 0.15) is 34.9 Å². The highest BCUT2D eigenvalue weighted by Crippen LogP contribution is 2.44. The average molecular weight is 498 g/mol. The molecule has 1 fully saturated rings. The van der Waals surface area contributed by atoms with E-state index >= 15 is 0 Å². The van der Waals surface area contributed by atoms with Crippen molar-refractivity contribution in [2.24, 2.45) is 0 Å². The van der Waals surface area contributed by atoms with E-state index in [9.17, 15) is 19.1 Å². The average Bonchev–Trinajstić information content (AvgIpc) is 3.57. The molecule has 1 aliphatic heterocycles. The molecule has 1 unspecified atom stereocenters. The van der Waals surface area contributed by atoms with E-state index < -0.39 is 29.3 Å².